The number of nitrogens with zero attached hydrogens (tertiary/aromatic N) is 1. The first kappa shape index (κ1) is 27.0. The van der Waals surface area contributed by atoms with Crippen molar-refractivity contribution in [3.8, 4) is 5.75 Å². The lowest BCUT2D eigenvalue weighted by atomic mass is 10.0. The molecule has 2 aromatic rings. The molecular formula is C22H25F3N2O6S2. The fourth-order valence-corrected chi connectivity index (χ4v) is 5.58. The van der Waals surface area contributed by atoms with E-state index >= 15 is 0 Å². The average molecular weight is 535 g/mol. The summed E-state index contributed by atoms with van der Waals surface area (Å²) in [5.74, 6) is -3.04. The van der Waals surface area contributed by atoms with Crippen LogP contribution in [0.4, 0.5) is 13.2 Å². The predicted molar refractivity (Wildman–Crippen MR) is 121 cm³/mol. The van der Waals surface area contributed by atoms with Gasteiger partial charge in [0.25, 0.3) is 5.91 Å². The monoisotopic (exact) mass is 534 g/mol. The van der Waals surface area contributed by atoms with Gasteiger partial charge in [-0.05, 0) is 56.7 Å². The number of carbonyl (C=O) groups is 1. The Bertz CT molecular complexity index is 1320. The number of sulfone groups is 1. The van der Waals surface area contributed by atoms with Gasteiger partial charge < -0.3 is 10.1 Å². The van der Waals surface area contributed by atoms with E-state index in [1.54, 1.807) is 0 Å². The molecule has 0 unspecified atom stereocenters. The Morgan fingerprint density at radius 3 is 2.17 bits per heavy atom. The molecule has 1 saturated heterocycles. The SMILES string of the molecule is CC(C)(Oc1ccc(F)c(F)c1)C(=O)N[C@@H]1CCN(S(=O)(=O)c2ccc(S(C)(=O)=O)cc2)C[C@H]1F. The molecule has 3 rings (SSSR count). The number of carbonyl (C=O) groups excluding carboxylic acids is 1. The van der Waals surface area contributed by atoms with Crippen LogP contribution in [0.5, 0.6) is 5.75 Å². The van der Waals surface area contributed by atoms with Crippen molar-refractivity contribution in [3.05, 3.63) is 54.1 Å². The molecule has 192 valence electrons. The number of amides is 1. The van der Waals surface area contributed by atoms with E-state index in [0.717, 1.165) is 53.0 Å². The Hall–Kier alpha value is -2.64. The van der Waals surface area contributed by atoms with Crippen LogP contribution in [0.3, 0.4) is 0 Å². The highest BCUT2D eigenvalue weighted by atomic mass is 32.2. The van der Waals surface area contributed by atoms with Crippen LogP contribution >= 0.6 is 0 Å². The van der Waals surface area contributed by atoms with E-state index in [-0.39, 0.29) is 28.5 Å². The van der Waals surface area contributed by atoms with Crippen molar-refractivity contribution in [2.45, 2.75) is 47.9 Å². The normalized spacial score (nSPS) is 19.8. The second kappa shape index (κ2) is 9.78. The van der Waals surface area contributed by atoms with Crippen molar-refractivity contribution >= 4 is 25.8 Å². The standard InChI is InChI=1S/C22H25F3N2O6S2/c1-22(2,33-14-4-9-17(23)18(24)12-14)21(28)26-20-10-11-27(13-19(20)25)35(31,32)16-7-5-15(6-8-16)34(3,29)30/h4-9,12,19-20H,10-11,13H2,1-3H3,(H,26,28)/t19-,20-/m1/s1. The maximum absolute atomic E-state index is 14.9. The Labute approximate surface area is 202 Å². The van der Waals surface area contributed by atoms with Crippen LogP contribution in [0.2, 0.25) is 0 Å². The molecule has 0 aliphatic carbocycles. The first-order chi connectivity index (χ1) is 16.1. The van der Waals surface area contributed by atoms with Gasteiger partial charge in [0, 0.05) is 25.4 Å². The summed E-state index contributed by atoms with van der Waals surface area (Å²) in [4.78, 5) is 12.5. The minimum Gasteiger partial charge on any atom is -0.478 e. The molecule has 0 aromatic heterocycles. The van der Waals surface area contributed by atoms with E-state index in [1.165, 1.54) is 13.8 Å². The summed E-state index contributed by atoms with van der Waals surface area (Å²) in [6.07, 6.45) is -0.778. The average Bonchev–Trinajstić information content (AvgIpc) is 2.76. The van der Waals surface area contributed by atoms with Crippen molar-refractivity contribution < 1.29 is 39.5 Å². The van der Waals surface area contributed by atoms with Crippen LogP contribution in [0.25, 0.3) is 0 Å². The summed E-state index contributed by atoms with van der Waals surface area (Å²) in [7, 11) is -7.60. The number of nitrogens with one attached hydrogen (secondary N) is 1. The van der Waals surface area contributed by atoms with Crippen LogP contribution in [-0.4, -0.2) is 64.2 Å². The summed E-state index contributed by atoms with van der Waals surface area (Å²) in [5.41, 5.74) is -1.56. The molecular weight excluding hydrogens is 509 g/mol. The highest BCUT2D eigenvalue weighted by Crippen LogP contribution is 2.25. The van der Waals surface area contributed by atoms with E-state index in [4.69, 9.17) is 4.74 Å². The molecule has 13 heteroatoms. The minimum absolute atomic E-state index is 0.0329. The van der Waals surface area contributed by atoms with Gasteiger partial charge in [0.2, 0.25) is 10.0 Å². The first-order valence-electron chi connectivity index (χ1n) is 10.5. The minimum atomic E-state index is -4.09. The van der Waals surface area contributed by atoms with Crippen LogP contribution in [0.1, 0.15) is 20.3 Å². The quantitative estimate of drug-likeness (QED) is 0.585. The van der Waals surface area contributed by atoms with Gasteiger partial charge >= 0.3 is 0 Å². The summed E-state index contributed by atoms with van der Waals surface area (Å²) < 4.78 is 96.7. The van der Waals surface area contributed by atoms with Crippen molar-refractivity contribution in [2.75, 3.05) is 19.3 Å². The highest BCUT2D eigenvalue weighted by Gasteiger charge is 2.39. The number of halogens is 3. The number of piperidine rings is 1. The van der Waals surface area contributed by atoms with E-state index in [1.807, 2.05) is 0 Å². The number of rotatable bonds is 7. The maximum Gasteiger partial charge on any atom is 0.263 e. The molecule has 0 spiro atoms. The first-order valence-corrected chi connectivity index (χ1v) is 13.8. The van der Waals surface area contributed by atoms with E-state index in [2.05, 4.69) is 5.32 Å². The molecule has 1 N–H and O–H groups in total. The predicted octanol–water partition coefficient (Wildman–Crippen LogP) is 2.44. The van der Waals surface area contributed by atoms with E-state index in [9.17, 15) is 34.8 Å². The van der Waals surface area contributed by atoms with Crippen LogP contribution in [-0.2, 0) is 24.7 Å². The maximum atomic E-state index is 14.9. The third-order valence-corrected chi connectivity index (χ3v) is 8.53. The molecule has 1 fully saturated rings. The second-order valence-electron chi connectivity index (χ2n) is 8.68. The molecule has 8 nitrogen and oxygen atoms in total. The number of sulfonamides is 1. The smallest absolute Gasteiger partial charge is 0.263 e. The Balaban J connectivity index is 1.65. The molecule has 2 aromatic carbocycles. The molecule has 1 aliphatic heterocycles. The van der Waals surface area contributed by atoms with Crippen molar-refractivity contribution in [1.82, 2.24) is 9.62 Å². The third-order valence-electron chi connectivity index (χ3n) is 5.52. The van der Waals surface area contributed by atoms with Crippen molar-refractivity contribution in [3.63, 3.8) is 0 Å². The van der Waals surface area contributed by atoms with Gasteiger partial charge in [-0.15, -0.1) is 0 Å². The van der Waals surface area contributed by atoms with Gasteiger partial charge in [-0.25, -0.2) is 30.0 Å². The summed E-state index contributed by atoms with van der Waals surface area (Å²) in [5, 5.41) is 2.50. The lowest BCUT2D eigenvalue weighted by Crippen LogP contribution is -2.57. The number of hydrogen-bond donors (Lipinski definition) is 1. The zero-order valence-corrected chi connectivity index (χ0v) is 20.8. The molecule has 1 amide bonds. The largest absolute Gasteiger partial charge is 0.478 e. The second-order valence-corrected chi connectivity index (χ2v) is 12.6. The highest BCUT2D eigenvalue weighted by molar-refractivity contribution is 7.90. The van der Waals surface area contributed by atoms with Crippen molar-refractivity contribution in [2.24, 2.45) is 0 Å². The molecule has 35 heavy (non-hydrogen) atoms. The Morgan fingerprint density at radius 2 is 1.63 bits per heavy atom. The van der Waals surface area contributed by atoms with Crippen LogP contribution in [0, 0.1) is 11.6 Å². The number of ether oxygens (including phenoxy) is 1. The number of benzene rings is 2. The van der Waals surface area contributed by atoms with Gasteiger partial charge in [0.15, 0.2) is 27.1 Å². The summed E-state index contributed by atoms with van der Waals surface area (Å²) in [6.45, 7) is 2.13. The van der Waals surface area contributed by atoms with Gasteiger partial charge in [-0.3, -0.25) is 4.79 Å². The zero-order valence-electron chi connectivity index (χ0n) is 19.2. The van der Waals surface area contributed by atoms with Crippen LogP contribution < -0.4 is 10.1 Å². The number of alkyl halides is 1. The topological polar surface area (TPSA) is 110 Å². The fourth-order valence-electron chi connectivity index (χ4n) is 3.49. The van der Waals surface area contributed by atoms with Gasteiger partial charge in [0.1, 0.15) is 11.9 Å². The molecule has 1 aliphatic rings. The number of hydrogen-bond acceptors (Lipinski definition) is 6. The van der Waals surface area contributed by atoms with Gasteiger partial charge in [-0.1, -0.05) is 0 Å². The zero-order chi connectivity index (χ0) is 26.2. The van der Waals surface area contributed by atoms with Gasteiger partial charge in [-0.2, -0.15) is 4.31 Å². The molecule has 0 bridgehead atoms. The summed E-state index contributed by atoms with van der Waals surface area (Å²) in [6, 6.07) is 6.39. The molecule has 1 heterocycles. The summed E-state index contributed by atoms with van der Waals surface area (Å²) >= 11 is 0. The molecule has 0 saturated carbocycles. The van der Waals surface area contributed by atoms with Gasteiger partial charge in [0.05, 0.1) is 15.8 Å². The third kappa shape index (κ3) is 6.14. The van der Waals surface area contributed by atoms with Crippen molar-refractivity contribution in [1.29, 1.82) is 0 Å². The molecule has 2 atom stereocenters. The molecule has 0 radical (unpaired) electrons. The fraction of sp³-hybridized carbons (Fsp3) is 0.409. The lowest BCUT2D eigenvalue weighted by molar-refractivity contribution is -0.135. The van der Waals surface area contributed by atoms with E-state index in [0.29, 0.717) is 0 Å². The Kier molecular flexibility index (Phi) is 7.53. The Morgan fingerprint density at radius 1 is 1.03 bits per heavy atom. The lowest BCUT2D eigenvalue weighted by Gasteiger charge is -2.36. The van der Waals surface area contributed by atoms with E-state index < -0.39 is 61.8 Å². The van der Waals surface area contributed by atoms with Crippen LogP contribution in [0.15, 0.2) is 52.3 Å².